The van der Waals surface area contributed by atoms with Crippen LogP contribution in [0.1, 0.15) is 0 Å². The predicted octanol–water partition coefficient (Wildman–Crippen LogP) is 7.80. The van der Waals surface area contributed by atoms with E-state index in [1.165, 1.54) is 32.1 Å². The van der Waals surface area contributed by atoms with Crippen molar-refractivity contribution >= 4 is 94.7 Å². The summed E-state index contributed by atoms with van der Waals surface area (Å²) in [6, 6.07) is 69.7. The van der Waals surface area contributed by atoms with Gasteiger partial charge in [-0.25, -0.2) is 0 Å². The van der Waals surface area contributed by atoms with Gasteiger partial charge < -0.3 is 4.90 Å². The number of benzene rings is 7. The Labute approximate surface area is 312 Å². The molecule has 6 heteroatoms. The van der Waals surface area contributed by atoms with E-state index in [1.807, 2.05) is 30.3 Å². The van der Waals surface area contributed by atoms with Gasteiger partial charge in [0.2, 0.25) is 7.29 Å². The minimum Gasteiger partial charge on any atom is -0.311 e. The molecule has 0 aliphatic carbocycles. The zero-order valence-electron chi connectivity index (χ0n) is 29.0. The molecule has 3 heterocycles. The van der Waals surface area contributed by atoms with Crippen molar-refractivity contribution in [2.45, 2.75) is 0 Å². The Bertz CT molecular complexity index is 2690. The number of anilines is 3. The number of rotatable bonds is 6. The second-order valence-electron chi connectivity index (χ2n) is 13.6. The van der Waals surface area contributed by atoms with Crippen LogP contribution in [0.15, 0.2) is 205 Å². The Kier molecular flexibility index (Phi) is 7.62. The molecule has 252 valence electrons. The van der Waals surface area contributed by atoms with Crippen molar-refractivity contribution in [1.29, 1.82) is 0 Å². The maximum Gasteiger partial charge on any atom is 0.233 e. The van der Waals surface area contributed by atoms with Crippen molar-refractivity contribution in [2.75, 3.05) is 4.90 Å². The van der Waals surface area contributed by atoms with E-state index in [0.717, 1.165) is 38.1 Å². The van der Waals surface area contributed by atoms with Gasteiger partial charge in [0.15, 0.2) is 8.07 Å². The molecule has 0 fully saturated rings. The number of para-hydroxylation sites is 3. The number of hydrogen-bond acceptors (Lipinski definition) is 2. The Morgan fingerprint density at radius 1 is 0.472 bits per heavy atom. The maximum absolute atomic E-state index is 16.0. The van der Waals surface area contributed by atoms with E-state index in [9.17, 15) is 0 Å². The molecule has 53 heavy (non-hydrogen) atoms. The fourth-order valence-electron chi connectivity index (χ4n) is 8.71. The molecule has 2 aromatic heterocycles. The Morgan fingerprint density at radius 3 is 1.62 bits per heavy atom. The van der Waals surface area contributed by atoms with E-state index >= 15 is 4.57 Å². The molecule has 0 bridgehead atoms. The normalized spacial score (nSPS) is 14.4. The van der Waals surface area contributed by atoms with Crippen LogP contribution in [-0.2, 0) is 4.57 Å². The third-order valence-electron chi connectivity index (χ3n) is 10.9. The smallest absolute Gasteiger partial charge is 0.233 e. The lowest BCUT2D eigenvalue weighted by atomic mass is 10.1. The van der Waals surface area contributed by atoms with Crippen molar-refractivity contribution in [3.05, 3.63) is 205 Å². The van der Waals surface area contributed by atoms with Crippen molar-refractivity contribution < 1.29 is 4.57 Å². The van der Waals surface area contributed by atoms with Gasteiger partial charge in [-0.1, -0.05) is 157 Å². The van der Waals surface area contributed by atoms with Crippen LogP contribution in [0.2, 0.25) is 0 Å². The van der Waals surface area contributed by atoms with Gasteiger partial charge in [-0.15, -0.1) is 0 Å². The van der Waals surface area contributed by atoms with Crippen molar-refractivity contribution in [2.24, 2.45) is 0 Å². The molecular weight excluding hydrogens is 696 g/mol. The lowest BCUT2D eigenvalue weighted by Crippen LogP contribution is -2.77. The Balaban J connectivity index is 1.26. The summed E-state index contributed by atoms with van der Waals surface area (Å²) < 4.78 is 18.1. The number of fused-ring (bicyclic) bond motifs is 5. The predicted molar refractivity (Wildman–Crippen MR) is 229 cm³/mol. The third kappa shape index (κ3) is 4.71. The zero-order valence-corrected chi connectivity index (χ0v) is 32.0. The number of aromatic nitrogens is 1. The molecule has 3 nitrogen and oxygen atoms in total. The average molecular weight is 731 g/mol. The topological polar surface area (TPSA) is 25.2 Å². The standard InChI is InChI=1S/C47H35N2OPSi2/c50-51(36-17-4-1-5-18-36,37-19-16-32-52-34-37)49-42-25-11-10-24-40(42)41-33-35(30-31-43(41)49)48-44-26-12-14-28-46(44)53(38-20-6-2-7-21-38,39-22-8-3-9-23-39)47-29-15-13-27-45(47)48/h1-34,52H. The first-order valence-electron chi connectivity index (χ1n) is 18.1. The molecule has 1 aliphatic rings. The number of hydrogen-bond donors (Lipinski definition) is 0. The van der Waals surface area contributed by atoms with E-state index in [4.69, 9.17) is 0 Å². The largest absolute Gasteiger partial charge is 0.311 e. The second kappa shape index (κ2) is 12.7. The van der Waals surface area contributed by atoms with Gasteiger partial charge in [0.1, 0.15) is 0 Å². The summed E-state index contributed by atoms with van der Waals surface area (Å²) in [5.74, 6) is 0. The SMILES string of the molecule is O=P(c1ccccc1)(c1ccc[siH]c1)n1c2ccccc2c2cc(N3c4ccccc4[Si](c4ccccc4)(c4ccccc4)c4ccccc43)ccc21. The van der Waals surface area contributed by atoms with Crippen LogP contribution in [-0.4, -0.2) is 21.5 Å². The van der Waals surface area contributed by atoms with Gasteiger partial charge in [-0.3, -0.25) is 8.90 Å². The Hall–Kier alpha value is -5.85. The second-order valence-corrected chi connectivity index (χ2v) is 21.0. The summed E-state index contributed by atoms with van der Waals surface area (Å²) in [5, 5.41) is 9.38. The van der Waals surface area contributed by atoms with Gasteiger partial charge in [0.25, 0.3) is 0 Å². The molecular formula is C47H35N2OPSi2. The van der Waals surface area contributed by atoms with E-state index in [2.05, 4.69) is 184 Å². The molecule has 10 rings (SSSR count). The van der Waals surface area contributed by atoms with Crippen molar-refractivity contribution in [3.8, 4) is 0 Å². The number of nitrogens with zero attached hydrogens (tertiary/aromatic N) is 2. The lowest BCUT2D eigenvalue weighted by molar-refractivity contribution is 0.583. The quantitative estimate of drug-likeness (QED) is 0.129. The van der Waals surface area contributed by atoms with Crippen molar-refractivity contribution in [1.82, 2.24) is 4.34 Å². The van der Waals surface area contributed by atoms with Crippen LogP contribution in [0, 0.1) is 0 Å². The minimum absolute atomic E-state index is 0.0577. The highest BCUT2D eigenvalue weighted by Gasteiger charge is 2.48. The first-order chi connectivity index (χ1) is 26.2. The monoisotopic (exact) mass is 730 g/mol. The van der Waals surface area contributed by atoms with Crippen LogP contribution in [0.25, 0.3) is 21.8 Å². The first kappa shape index (κ1) is 31.9. The average Bonchev–Trinajstić information content (AvgIpc) is 3.58. The Morgan fingerprint density at radius 2 is 1.00 bits per heavy atom. The third-order valence-corrected chi connectivity index (χ3v) is 20.0. The summed E-state index contributed by atoms with van der Waals surface area (Å²) >= 11 is 0. The molecule has 0 saturated carbocycles. The fourth-order valence-corrected chi connectivity index (χ4v) is 18.1. The van der Waals surface area contributed by atoms with E-state index in [0.29, 0.717) is 0 Å². The van der Waals surface area contributed by atoms with Crippen LogP contribution < -0.4 is 36.3 Å². The molecule has 9 aromatic rings. The molecule has 7 aromatic carbocycles. The first-order valence-corrected chi connectivity index (χ1v) is 23.1. The summed E-state index contributed by atoms with van der Waals surface area (Å²) in [6.07, 6.45) is 0. The van der Waals surface area contributed by atoms with Gasteiger partial charge in [0, 0.05) is 47.6 Å². The van der Waals surface area contributed by atoms with Gasteiger partial charge in [0.05, 0.1) is 11.0 Å². The highest BCUT2D eigenvalue weighted by atomic mass is 31.2. The molecule has 0 spiro atoms. The zero-order chi connectivity index (χ0) is 35.4. The molecule has 0 N–H and O–H groups in total. The molecule has 1 unspecified atom stereocenters. The molecule has 1 aliphatic heterocycles. The van der Waals surface area contributed by atoms with Crippen LogP contribution in [0.3, 0.4) is 0 Å². The van der Waals surface area contributed by atoms with Gasteiger partial charge in [-0.2, -0.15) is 0 Å². The molecule has 0 saturated heterocycles. The van der Waals surface area contributed by atoms with Gasteiger partial charge in [-0.05, 0) is 69.3 Å². The van der Waals surface area contributed by atoms with E-state index in [-0.39, 0.29) is 9.12 Å². The lowest BCUT2D eigenvalue weighted by Gasteiger charge is -2.45. The van der Waals surface area contributed by atoms with Gasteiger partial charge >= 0.3 is 0 Å². The maximum atomic E-state index is 16.0. The molecule has 0 amide bonds. The van der Waals surface area contributed by atoms with E-state index < -0.39 is 15.4 Å². The van der Waals surface area contributed by atoms with Crippen LogP contribution in [0.5, 0.6) is 0 Å². The summed E-state index contributed by atoms with van der Waals surface area (Å²) in [4.78, 5) is 2.45. The highest BCUT2D eigenvalue weighted by molar-refractivity contribution is 7.77. The summed E-state index contributed by atoms with van der Waals surface area (Å²) in [7, 11) is -6.08. The van der Waals surface area contributed by atoms with Crippen molar-refractivity contribution in [3.63, 3.8) is 0 Å². The summed E-state index contributed by atoms with van der Waals surface area (Å²) in [5.41, 5.74) is 9.81. The molecule has 0 radical (unpaired) electrons. The highest BCUT2D eigenvalue weighted by Crippen LogP contribution is 2.52. The van der Waals surface area contributed by atoms with Crippen LogP contribution >= 0.6 is 7.29 Å². The minimum atomic E-state index is -3.30. The van der Waals surface area contributed by atoms with Crippen LogP contribution in [0.4, 0.5) is 17.1 Å². The summed E-state index contributed by atoms with van der Waals surface area (Å²) in [6.45, 7) is 0. The van der Waals surface area contributed by atoms with E-state index in [1.54, 1.807) is 0 Å². The fraction of sp³-hybridized carbons (Fsp3) is 0. The molecule has 1 atom stereocenters.